The molecule has 2 aromatic carbocycles. The van der Waals surface area contributed by atoms with E-state index in [4.69, 9.17) is 5.11 Å². The summed E-state index contributed by atoms with van der Waals surface area (Å²) in [6.45, 7) is 6.62. The molecule has 0 amide bonds. The maximum atomic E-state index is 12.0. The molecule has 284 valence electrons. The molecule has 0 spiro atoms. The molecule has 0 saturated carbocycles. The normalized spacial score (nSPS) is 19.7. The number of nitrogens with zero attached hydrogens (tertiary/aromatic N) is 2. The molecule has 1 unspecified atom stereocenters. The van der Waals surface area contributed by atoms with Crippen LogP contribution in [0.15, 0.2) is 83.4 Å². The third-order valence-corrected chi connectivity index (χ3v) is 12.1. The summed E-state index contributed by atoms with van der Waals surface area (Å²) in [6.07, 6.45) is 11.7. The zero-order chi connectivity index (χ0) is 38.5. The van der Waals surface area contributed by atoms with Gasteiger partial charge < -0.3 is 14.6 Å². The first-order valence-electron chi connectivity index (χ1n) is 17.0. The number of hydrogen-bond acceptors (Lipinski definition) is 9. The van der Waals surface area contributed by atoms with E-state index >= 15 is 0 Å². The zero-order valence-corrected chi connectivity index (χ0v) is 31.9. The van der Waals surface area contributed by atoms with Crippen molar-refractivity contribution in [3.8, 4) is 0 Å². The zero-order valence-electron chi connectivity index (χ0n) is 29.4. The molecule has 0 bridgehead atoms. The number of rotatable bonds is 18. The van der Waals surface area contributed by atoms with Gasteiger partial charge in [-0.25, -0.2) is 8.42 Å². The topological polar surface area (TPSA) is 209 Å². The van der Waals surface area contributed by atoms with Crippen molar-refractivity contribution in [2.45, 2.75) is 81.4 Å². The summed E-state index contributed by atoms with van der Waals surface area (Å²) in [6, 6.07) is 12.0. The molecule has 2 aliphatic rings. The molecule has 1 atom stereocenters. The highest BCUT2D eigenvalue weighted by Gasteiger charge is 2.45. The quantitative estimate of drug-likeness (QED) is 0.0759. The van der Waals surface area contributed by atoms with E-state index in [1.807, 2.05) is 68.2 Å². The van der Waals surface area contributed by atoms with Crippen molar-refractivity contribution in [3.63, 3.8) is 0 Å². The average Bonchev–Trinajstić information content (AvgIpc) is 3.38. The second-order valence-corrected chi connectivity index (χ2v) is 18.3. The number of benzene rings is 2. The number of carboxylic acid groups (broad SMARTS) is 1. The molecule has 2 aromatic rings. The highest BCUT2D eigenvalue weighted by Crippen LogP contribution is 2.50. The number of para-hydroxylation sites is 1. The predicted octanol–water partition coefficient (Wildman–Crippen LogP) is 5.33. The first kappa shape index (κ1) is 41.1. The second kappa shape index (κ2) is 16.1. The number of carbonyl (C=O) groups is 1. The van der Waals surface area contributed by atoms with Crippen LogP contribution < -0.4 is 4.90 Å². The van der Waals surface area contributed by atoms with Crippen molar-refractivity contribution >= 4 is 53.4 Å². The van der Waals surface area contributed by atoms with Gasteiger partial charge in [0.05, 0.1) is 26.2 Å². The van der Waals surface area contributed by atoms with Crippen molar-refractivity contribution in [1.82, 2.24) is 0 Å². The average molecular weight is 779 g/mol. The minimum atomic E-state index is -4.45. The third kappa shape index (κ3) is 10.0. The molecule has 13 nitrogen and oxygen atoms in total. The van der Waals surface area contributed by atoms with Crippen LogP contribution >= 0.6 is 0 Å². The van der Waals surface area contributed by atoms with Gasteiger partial charge in [-0.1, -0.05) is 36.4 Å². The molecular weight excluding hydrogens is 733 g/mol. The van der Waals surface area contributed by atoms with Gasteiger partial charge in [0.25, 0.3) is 20.2 Å². The van der Waals surface area contributed by atoms with E-state index in [1.54, 1.807) is 18.2 Å². The van der Waals surface area contributed by atoms with Gasteiger partial charge in [-0.3, -0.25) is 13.9 Å². The van der Waals surface area contributed by atoms with Gasteiger partial charge in [0, 0.05) is 59.6 Å². The fraction of sp³-hybridized carbons (Fsp3) is 0.444. The molecule has 2 aliphatic heterocycles. The summed E-state index contributed by atoms with van der Waals surface area (Å²) in [5, 5.41) is 9.02. The summed E-state index contributed by atoms with van der Waals surface area (Å²) in [5.74, 6) is -1.83. The van der Waals surface area contributed by atoms with Crippen molar-refractivity contribution in [3.05, 3.63) is 89.7 Å². The van der Waals surface area contributed by atoms with E-state index in [-0.39, 0.29) is 30.7 Å². The first-order valence-corrected chi connectivity index (χ1v) is 21.6. The Morgan fingerprint density at radius 2 is 1.58 bits per heavy atom. The maximum Gasteiger partial charge on any atom is 0.303 e. The summed E-state index contributed by atoms with van der Waals surface area (Å²) in [4.78, 5) is 12.7. The standard InChI is InChI=1S/C36H46N2O11S3/c1-35(2)29-26-27(52(47,48)49)19-20-31(29)37(22-11-5-8-18-34(39)40)32(35)16-6-4-7-17-33-36(3,21-12-24-50(41,42)43)28-14-9-10-15-30(28)38(33)23-13-25-51(44,45)46/h4,6-7,9-10,14-17,19-20,26H,5,8,11-13,18,21-25H2,1-3H3,(H3-,39,40,41,42,43,44,45,46,47,48,49). The van der Waals surface area contributed by atoms with Crippen LogP contribution in [-0.4, -0.2) is 84.9 Å². The second-order valence-electron chi connectivity index (χ2n) is 13.8. The van der Waals surface area contributed by atoms with E-state index < -0.39 is 58.7 Å². The molecular formula is C36H46N2O11S3. The Balaban J connectivity index is 1.69. The Morgan fingerprint density at radius 1 is 0.865 bits per heavy atom. The number of hydrogen-bond donors (Lipinski definition) is 3. The Bertz CT molecular complexity index is 2140. The molecule has 0 aliphatic carbocycles. The van der Waals surface area contributed by atoms with Crippen LogP contribution in [0.1, 0.15) is 76.8 Å². The molecule has 16 heteroatoms. The Morgan fingerprint density at radius 3 is 2.23 bits per heavy atom. The molecule has 2 heterocycles. The van der Waals surface area contributed by atoms with Gasteiger partial charge in [-0.15, -0.1) is 0 Å². The van der Waals surface area contributed by atoms with Crippen molar-refractivity contribution in [1.29, 1.82) is 0 Å². The lowest BCUT2D eigenvalue weighted by atomic mass is 9.77. The lowest BCUT2D eigenvalue weighted by molar-refractivity contribution is -0.438. The molecule has 3 N–H and O–H groups in total. The van der Waals surface area contributed by atoms with E-state index in [0.29, 0.717) is 37.8 Å². The number of anilines is 1. The van der Waals surface area contributed by atoms with Crippen LogP contribution in [0.25, 0.3) is 0 Å². The van der Waals surface area contributed by atoms with Crippen molar-refractivity contribution in [2.75, 3.05) is 29.5 Å². The summed E-state index contributed by atoms with van der Waals surface area (Å²) >= 11 is 0. The largest absolute Gasteiger partial charge is 0.748 e. The molecule has 4 rings (SSSR count). The smallest absolute Gasteiger partial charge is 0.303 e. The fourth-order valence-corrected chi connectivity index (χ4v) is 8.66. The van der Waals surface area contributed by atoms with Crippen LogP contribution in [0, 0.1) is 0 Å². The third-order valence-electron chi connectivity index (χ3n) is 9.66. The van der Waals surface area contributed by atoms with Crippen LogP contribution in [0.2, 0.25) is 0 Å². The Labute approximate surface area is 306 Å². The Hall–Kier alpha value is -3.67. The van der Waals surface area contributed by atoms with Crippen LogP contribution in [0.3, 0.4) is 0 Å². The number of allylic oxidation sites excluding steroid dienone is 6. The van der Waals surface area contributed by atoms with E-state index in [0.717, 1.165) is 28.3 Å². The monoisotopic (exact) mass is 778 g/mol. The maximum absolute atomic E-state index is 12.0. The van der Waals surface area contributed by atoms with Crippen molar-refractivity contribution in [2.24, 2.45) is 0 Å². The molecule has 0 fully saturated rings. The molecule has 0 aromatic heterocycles. The lowest BCUT2D eigenvalue weighted by Gasteiger charge is -2.30. The van der Waals surface area contributed by atoms with E-state index in [9.17, 15) is 43.7 Å². The van der Waals surface area contributed by atoms with Gasteiger partial charge in [-0.2, -0.15) is 21.4 Å². The van der Waals surface area contributed by atoms with Gasteiger partial charge in [-0.05, 0) is 82.7 Å². The van der Waals surface area contributed by atoms with Gasteiger partial charge in [0.15, 0.2) is 5.71 Å². The predicted molar refractivity (Wildman–Crippen MR) is 198 cm³/mol. The fourth-order valence-electron chi connectivity index (χ4n) is 7.16. The first-order chi connectivity index (χ1) is 24.1. The minimum absolute atomic E-state index is 0.0659. The van der Waals surface area contributed by atoms with Gasteiger partial charge >= 0.3 is 5.97 Å². The highest BCUT2D eigenvalue weighted by molar-refractivity contribution is 7.86. The lowest BCUT2D eigenvalue weighted by Crippen LogP contribution is -2.30. The summed E-state index contributed by atoms with van der Waals surface area (Å²) < 4.78 is 103. The number of aliphatic carboxylic acids is 1. The van der Waals surface area contributed by atoms with E-state index in [1.165, 1.54) is 12.1 Å². The SMILES string of the molecule is CC1(C)C(C=CC=CC=C2N(CCCS(=O)(=O)[O-])c3ccccc3C2(C)CCCS(=O)(=O)O)=[N+](CCCCCC(=O)O)c2ccc(S(=O)(=O)O)cc21. The molecule has 0 saturated heterocycles. The van der Waals surface area contributed by atoms with E-state index in [2.05, 4.69) is 4.58 Å². The molecule has 0 radical (unpaired) electrons. The van der Waals surface area contributed by atoms with Gasteiger partial charge in [0.2, 0.25) is 5.69 Å². The van der Waals surface area contributed by atoms with Gasteiger partial charge in [0.1, 0.15) is 6.54 Å². The van der Waals surface area contributed by atoms with Crippen LogP contribution in [0.5, 0.6) is 0 Å². The summed E-state index contributed by atoms with van der Waals surface area (Å²) in [5.41, 5.74) is 3.43. The van der Waals surface area contributed by atoms with Crippen molar-refractivity contribution < 1.29 is 53.4 Å². The minimum Gasteiger partial charge on any atom is -0.748 e. The van der Waals surface area contributed by atoms with Crippen LogP contribution in [0.4, 0.5) is 11.4 Å². The number of carboxylic acids is 1. The number of fused-ring (bicyclic) bond motifs is 2. The Kier molecular flexibility index (Phi) is 12.8. The van der Waals surface area contributed by atoms with Crippen LogP contribution in [-0.2, 0) is 46.0 Å². The molecule has 52 heavy (non-hydrogen) atoms. The number of unbranched alkanes of at least 4 members (excludes halogenated alkanes) is 2. The highest BCUT2D eigenvalue weighted by atomic mass is 32.2. The summed E-state index contributed by atoms with van der Waals surface area (Å²) in [7, 11) is -13.1.